The third-order valence-corrected chi connectivity index (χ3v) is 7.27. The Kier molecular flexibility index (Phi) is 5.39. The number of hydrogen-bond donors (Lipinski definition) is 0. The highest BCUT2D eigenvalue weighted by molar-refractivity contribution is 5.93. The molecule has 1 aromatic heterocycles. The SMILES string of the molecule is COC(=O)c1ccc2nc(C[C@]34CCN(C(=O)OC(C)(C)C)C[C@H]3C4)n(C[C@@H]3CCO3)c2c1. The van der Waals surface area contributed by atoms with Crippen LogP contribution in [0.5, 0.6) is 0 Å². The number of carbonyl (C=O) groups is 2. The summed E-state index contributed by atoms with van der Waals surface area (Å²) in [6.45, 7) is 8.69. The number of carbonyl (C=O) groups excluding carboxylic acids is 2. The number of imidazole rings is 1. The van der Waals surface area contributed by atoms with Gasteiger partial charge in [0.05, 0.1) is 36.4 Å². The van der Waals surface area contributed by atoms with E-state index in [9.17, 15) is 9.59 Å². The molecule has 2 saturated heterocycles. The molecule has 0 unspecified atom stereocenters. The van der Waals surface area contributed by atoms with Gasteiger partial charge in [0.2, 0.25) is 0 Å². The Hall–Kier alpha value is -2.61. The Morgan fingerprint density at radius 1 is 1.30 bits per heavy atom. The first-order valence-electron chi connectivity index (χ1n) is 11.8. The van der Waals surface area contributed by atoms with Crippen molar-refractivity contribution in [3.05, 3.63) is 29.6 Å². The number of aromatic nitrogens is 2. The van der Waals surface area contributed by atoms with E-state index in [1.54, 1.807) is 6.07 Å². The van der Waals surface area contributed by atoms with Crippen LogP contribution in [0, 0.1) is 11.3 Å². The monoisotopic (exact) mass is 455 g/mol. The van der Waals surface area contributed by atoms with Gasteiger partial charge >= 0.3 is 12.1 Å². The minimum absolute atomic E-state index is 0.184. The van der Waals surface area contributed by atoms with Crippen molar-refractivity contribution in [3.8, 4) is 0 Å². The van der Waals surface area contributed by atoms with E-state index < -0.39 is 5.60 Å². The van der Waals surface area contributed by atoms with Crippen molar-refractivity contribution < 1.29 is 23.8 Å². The molecule has 2 aliphatic heterocycles. The van der Waals surface area contributed by atoms with Crippen LogP contribution in [0.15, 0.2) is 18.2 Å². The molecule has 178 valence electrons. The number of amides is 1. The standard InChI is InChI=1S/C25H33N3O5/c1-24(2,3)33-23(30)27-9-8-25(12-17(25)14-27)13-21-26-19-6-5-16(22(29)31-4)11-20(19)28(21)15-18-7-10-32-18/h5-6,11,17-18H,7-10,12-15H2,1-4H3/t17-,18+,25-/m1/s1. The van der Waals surface area contributed by atoms with Gasteiger partial charge in [-0.1, -0.05) is 0 Å². The van der Waals surface area contributed by atoms with E-state index in [0.717, 1.165) is 62.2 Å². The molecular weight excluding hydrogens is 422 g/mol. The minimum Gasteiger partial charge on any atom is -0.465 e. The van der Waals surface area contributed by atoms with Crippen LogP contribution < -0.4 is 0 Å². The fourth-order valence-corrected chi connectivity index (χ4v) is 5.21. The van der Waals surface area contributed by atoms with Crippen LogP contribution in [-0.4, -0.2) is 65.0 Å². The first-order valence-corrected chi connectivity index (χ1v) is 11.8. The molecule has 3 atom stereocenters. The predicted molar refractivity (Wildman–Crippen MR) is 122 cm³/mol. The van der Waals surface area contributed by atoms with E-state index in [-0.39, 0.29) is 23.6 Å². The lowest BCUT2D eigenvalue weighted by Crippen LogP contribution is -2.42. The molecule has 3 heterocycles. The van der Waals surface area contributed by atoms with E-state index in [4.69, 9.17) is 19.2 Å². The third kappa shape index (κ3) is 4.33. The van der Waals surface area contributed by atoms with Crippen molar-refractivity contribution in [2.75, 3.05) is 26.8 Å². The van der Waals surface area contributed by atoms with Gasteiger partial charge in [0.1, 0.15) is 11.4 Å². The summed E-state index contributed by atoms with van der Waals surface area (Å²) in [5.41, 5.74) is 2.07. The number of piperidine rings is 1. The molecule has 3 aliphatic rings. The largest absolute Gasteiger partial charge is 0.465 e. The van der Waals surface area contributed by atoms with Gasteiger partial charge in [0.25, 0.3) is 0 Å². The van der Waals surface area contributed by atoms with Crippen LogP contribution in [0.25, 0.3) is 11.0 Å². The Balaban J connectivity index is 1.36. The van der Waals surface area contributed by atoms with E-state index in [0.29, 0.717) is 18.0 Å². The number of likely N-dealkylation sites (tertiary alicyclic amines) is 1. The summed E-state index contributed by atoms with van der Waals surface area (Å²) >= 11 is 0. The normalized spacial score (nSPS) is 26.5. The van der Waals surface area contributed by atoms with Gasteiger partial charge in [-0.3, -0.25) is 0 Å². The van der Waals surface area contributed by atoms with Gasteiger partial charge < -0.3 is 23.7 Å². The molecule has 8 nitrogen and oxygen atoms in total. The molecule has 0 N–H and O–H groups in total. The summed E-state index contributed by atoms with van der Waals surface area (Å²) in [5.74, 6) is 1.16. The van der Waals surface area contributed by atoms with E-state index in [1.165, 1.54) is 7.11 Å². The van der Waals surface area contributed by atoms with Crippen molar-refractivity contribution in [1.29, 1.82) is 0 Å². The maximum absolute atomic E-state index is 12.5. The summed E-state index contributed by atoms with van der Waals surface area (Å²) in [4.78, 5) is 31.4. The molecule has 5 rings (SSSR count). The lowest BCUT2D eigenvalue weighted by molar-refractivity contribution is -0.0591. The summed E-state index contributed by atoms with van der Waals surface area (Å²) in [6, 6.07) is 5.55. The van der Waals surface area contributed by atoms with E-state index in [2.05, 4.69) is 4.57 Å². The molecule has 0 radical (unpaired) electrons. The fraction of sp³-hybridized carbons (Fsp3) is 0.640. The number of methoxy groups -OCH3 is 1. The highest BCUT2D eigenvalue weighted by Gasteiger charge is 2.57. The van der Waals surface area contributed by atoms with Crippen molar-refractivity contribution >= 4 is 23.1 Å². The molecule has 33 heavy (non-hydrogen) atoms. The summed E-state index contributed by atoms with van der Waals surface area (Å²) in [6.07, 6.45) is 3.93. The maximum Gasteiger partial charge on any atom is 0.410 e. The third-order valence-electron chi connectivity index (χ3n) is 7.27. The van der Waals surface area contributed by atoms with Crippen molar-refractivity contribution in [1.82, 2.24) is 14.5 Å². The molecule has 1 amide bonds. The van der Waals surface area contributed by atoms with Crippen LogP contribution in [0.4, 0.5) is 4.79 Å². The van der Waals surface area contributed by atoms with Gasteiger partial charge in [0.15, 0.2) is 0 Å². The van der Waals surface area contributed by atoms with Crippen LogP contribution >= 0.6 is 0 Å². The average molecular weight is 456 g/mol. The first kappa shape index (κ1) is 22.2. The zero-order valence-electron chi connectivity index (χ0n) is 19.9. The van der Waals surface area contributed by atoms with E-state index in [1.807, 2.05) is 37.8 Å². The van der Waals surface area contributed by atoms with Gasteiger partial charge in [-0.2, -0.15) is 0 Å². The number of hydrogen-bond acceptors (Lipinski definition) is 6. The van der Waals surface area contributed by atoms with Gasteiger partial charge in [0, 0.05) is 26.1 Å². The molecule has 1 saturated carbocycles. The van der Waals surface area contributed by atoms with Crippen LogP contribution in [0.2, 0.25) is 0 Å². The molecule has 3 fully saturated rings. The second-order valence-corrected chi connectivity index (χ2v) is 10.7. The average Bonchev–Trinajstić information content (AvgIpc) is 3.34. The number of ether oxygens (including phenoxy) is 3. The Morgan fingerprint density at radius 3 is 2.73 bits per heavy atom. The maximum atomic E-state index is 12.5. The lowest BCUT2D eigenvalue weighted by Gasteiger charge is -2.33. The molecule has 1 aromatic carbocycles. The number of nitrogens with zero attached hydrogens (tertiary/aromatic N) is 3. The number of fused-ring (bicyclic) bond motifs is 2. The van der Waals surface area contributed by atoms with Crippen LogP contribution in [0.3, 0.4) is 0 Å². The summed E-state index contributed by atoms with van der Waals surface area (Å²) in [5, 5.41) is 0. The molecule has 1 aliphatic carbocycles. The molecular formula is C25H33N3O5. The first-order chi connectivity index (χ1) is 15.7. The van der Waals surface area contributed by atoms with Crippen molar-refractivity contribution in [3.63, 3.8) is 0 Å². The quantitative estimate of drug-likeness (QED) is 0.638. The zero-order chi connectivity index (χ0) is 23.4. The smallest absolute Gasteiger partial charge is 0.410 e. The minimum atomic E-state index is -0.479. The number of rotatable bonds is 5. The molecule has 0 bridgehead atoms. The second kappa shape index (κ2) is 8.01. The Bertz CT molecular complexity index is 1080. The predicted octanol–water partition coefficient (Wildman–Crippen LogP) is 3.80. The van der Waals surface area contributed by atoms with Crippen LogP contribution in [0.1, 0.15) is 56.2 Å². The molecule has 2 aromatic rings. The molecule has 0 spiro atoms. The number of esters is 1. The second-order valence-electron chi connectivity index (χ2n) is 10.7. The van der Waals surface area contributed by atoms with Crippen LogP contribution in [-0.2, 0) is 27.2 Å². The van der Waals surface area contributed by atoms with Gasteiger partial charge in [-0.05, 0) is 69.6 Å². The summed E-state index contributed by atoms with van der Waals surface area (Å²) in [7, 11) is 1.40. The highest BCUT2D eigenvalue weighted by atomic mass is 16.6. The fourth-order valence-electron chi connectivity index (χ4n) is 5.21. The van der Waals surface area contributed by atoms with Gasteiger partial charge in [-0.25, -0.2) is 14.6 Å². The van der Waals surface area contributed by atoms with Crippen molar-refractivity contribution in [2.24, 2.45) is 11.3 Å². The number of benzene rings is 1. The lowest BCUT2D eigenvalue weighted by atomic mass is 9.91. The zero-order valence-corrected chi connectivity index (χ0v) is 19.9. The van der Waals surface area contributed by atoms with E-state index >= 15 is 0 Å². The Labute approximate surface area is 194 Å². The van der Waals surface area contributed by atoms with Gasteiger partial charge in [-0.15, -0.1) is 0 Å². The Morgan fingerprint density at radius 2 is 2.09 bits per heavy atom. The highest BCUT2D eigenvalue weighted by Crippen LogP contribution is 2.59. The van der Waals surface area contributed by atoms with Crippen molar-refractivity contribution in [2.45, 2.75) is 64.7 Å². The summed E-state index contributed by atoms with van der Waals surface area (Å²) < 4.78 is 18.4. The topological polar surface area (TPSA) is 82.9 Å². The molecule has 8 heteroatoms.